The molecular formula is C21H22F3NaO5S. The molecule has 0 aliphatic heterocycles. The van der Waals surface area contributed by atoms with Gasteiger partial charge in [-0.25, -0.2) is 0 Å². The molecule has 2 aromatic rings. The van der Waals surface area contributed by atoms with E-state index in [4.69, 9.17) is 14.2 Å². The third-order valence-corrected chi connectivity index (χ3v) is 5.07. The van der Waals surface area contributed by atoms with Crippen molar-refractivity contribution in [2.45, 2.75) is 31.0 Å². The fourth-order valence-corrected chi connectivity index (χ4v) is 3.50. The van der Waals surface area contributed by atoms with Crippen molar-refractivity contribution in [3.05, 3.63) is 53.6 Å². The monoisotopic (exact) mass is 466 g/mol. The molecule has 0 saturated carbocycles. The van der Waals surface area contributed by atoms with Crippen LogP contribution in [-0.2, 0) is 15.7 Å². The Morgan fingerprint density at radius 2 is 1.81 bits per heavy atom. The summed E-state index contributed by atoms with van der Waals surface area (Å²) in [6.07, 6.45) is -4.65. The minimum absolute atomic E-state index is 0. The maximum absolute atomic E-state index is 12.6. The van der Waals surface area contributed by atoms with Gasteiger partial charge in [-0.1, -0.05) is 0 Å². The summed E-state index contributed by atoms with van der Waals surface area (Å²) in [7, 11) is 0. The Balaban J connectivity index is 0.00000480. The first-order chi connectivity index (χ1) is 14.2. The van der Waals surface area contributed by atoms with Crippen LogP contribution in [0.2, 0.25) is 0 Å². The third kappa shape index (κ3) is 9.74. The topological polar surface area (TPSA) is 67.8 Å². The number of benzene rings is 2. The molecule has 0 bridgehead atoms. The molecule has 0 amide bonds. The van der Waals surface area contributed by atoms with Crippen LogP contribution in [0.5, 0.6) is 11.5 Å². The van der Waals surface area contributed by atoms with E-state index in [0.717, 1.165) is 22.6 Å². The normalized spacial score (nSPS) is 12.0. The van der Waals surface area contributed by atoms with E-state index < -0.39 is 24.3 Å². The molecule has 0 unspecified atom stereocenters. The Hall–Kier alpha value is -1.39. The van der Waals surface area contributed by atoms with Gasteiger partial charge < -0.3 is 24.1 Å². The molecule has 0 aromatic heterocycles. The zero-order valence-corrected chi connectivity index (χ0v) is 20.3. The molecule has 10 heteroatoms. The van der Waals surface area contributed by atoms with E-state index >= 15 is 0 Å². The van der Waals surface area contributed by atoms with Crippen LogP contribution in [0, 0.1) is 6.92 Å². The number of halogens is 3. The van der Waals surface area contributed by atoms with Gasteiger partial charge in [0, 0.05) is 17.3 Å². The molecular weight excluding hydrogens is 444 g/mol. The number of hydrogen-bond donors (Lipinski definition) is 0. The molecule has 0 fully saturated rings. The molecule has 1 atom stereocenters. The number of aliphatic carboxylic acids is 1. The van der Waals surface area contributed by atoms with Gasteiger partial charge in [0.2, 0.25) is 0 Å². The number of thioether (sulfide) groups is 1. The van der Waals surface area contributed by atoms with Crippen molar-refractivity contribution in [2.75, 3.05) is 25.6 Å². The number of rotatable bonds is 11. The smallest absolute Gasteiger partial charge is 0.546 e. The average Bonchev–Trinajstić information content (AvgIpc) is 2.69. The molecule has 0 spiro atoms. The number of carbonyl (C=O) groups is 1. The van der Waals surface area contributed by atoms with Crippen molar-refractivity contribution in [3.63, 3.8) is 0 Å². The van der Waals surface area contributed by atoms with Crippen LogP contribution in [0.4, 0.5) is 13.2 Å². The van der Waals surface area contributed by atoms with E-state index in [1.54, 1.807) is 6.07 Å². The fraction of sp³-hybridized carbons (Fsp3) is 0.381. The van der Waals surface area contributed by atoms with Crippen molar-refractivity contribution < 1.29 is 66.8 Å². The number of carboxylic acid groups (broad SMARTS) is 1. The van der Waals surface area contributed by atoms with Crippen LogP contribution in [0.3, 0.4) is 0 Å². The molecule has 31 heavy (non-hydrogen) atoms. The fourth-order valence-electron chi connectivity index (χ4n) is 2.51. The van der Waals surface area contributed by atoms with Gasteiger partial charge in [0.25, 0.3) is 0 Å². The zero-order chi connectivity index (χ0) is 22.1. The standard InChI is InChI=1S/C21H23F3O5S.Na/c1-3-27-17(11-28-16-6-4-15(5-7-16)21(22,23)24)13-30-18-8-9-19(14(2)10-18)29-12-20(25)26;/h4-10,17H,3,11-13H2,1-2H3,(H,25,26);/q;+1/p-1/t17-;/m1./s1. The minimum Gasteiger partial charge on any atom is -0.546 e. The van der Waals surface area contributed by atoms with E-state index in [0.29, 0.717) is 23.9 Å². The maximum Gasteiger partial charge on any atom is 1.00 e. The number of hydrogen-bond acceptors (Lipinski definition) is 6. The SMILES string of the molecule is CCO[C@H](COc1ccc(C(F)(F)F)cc1)CSc1ccc(OCC(=O)[O-])c(C)c1.[Na+]. The van der Waals surface area contributed by atoms with E-state index in [1.807, 2.05) is 26.0 Å². The molecule has 2 aromatic carbocycles. The number of ether oxygens (including phenoxy) is 3. The number of carbonyl (C=O) groups excluding carboxylic acids is 1. The van der Waals surface area contributed by atoms with Gasteiger partial charge in [0.05, 0.1) is 11.5 Å². The van der Waals surface area contributed by atoms with Crippen molar-refractivity contribution in [1.82, 2.24) is 0 Å². The Morgan fingerprint density at radius 3 is 2.35 bits per heavy atom. The van der Waals surface area contributed by atoms with Crippen molar-refractivity contribution in [3.8, 4) is 11.5 Å². The van der Waals surface area contributed by atoms with Gasteiger partial charge in [0.15, 0.2) is 0 Å². The van der Waals surface area contributed by atoms with Crippen molar-refractivity contribution >= 4 is 17.7 Å². The summed E-state index contributed by atoms with van der Waals surface area (Å²) in [5.41, 5.74) is 0.0596. The second-order valence-electron chi connectivity index (χ2n) is 6.31. The molecule has 0 aliphatic rings. The van der Waals surface area contributed by atoms with Gasteiger partial charge in [-0.2, -0.15) is 13.2 Å². The Labute approximate surface area is 205 Å². The zero-order valence-electron chi connectivity index (χ0n) is 17.5. The van der Waals surface area contributed by atoms with Crippen LogP contribution in [0.25, 0.3) is 0 Å². The molecule has 0 heterocycles. The van der Waals surface area contributed by atoms with Crippen molar-refractivity contribution in [2.24, 2.45) is 0 Å². The molecule has 0 radical (unpaired) electrons. The van der Waals surface area contributed by atoms with Gasteiger partial charge in [-0.05, 0) is 61.9 Å². The summed E-state index contributed by atoms with van der Waals surface area (Å²) in [6, 6.07) is 9.90. The molecule has 5 nitrogen and oxygen atoms in total. The first-order valence-corrected chi connectivity index (χ1v) is 10.2. The summed E-state index contributed by atoms with van der Waals surface area (Å²) in [4.78, 5) is 11.4. The van der Waals surface area contributed by atoms with Gasteiger partial charge in [-0.15, -0.1) is 11.8 Å². The summed E-state index contributed by atoms with van der Waals surface area (Å²) in [6.45, 7) is 3.81. The number of aryl methyl sites for hydroxylation is 1. The number of carboxylic acids is 1. The second kappa shape index (κ2) is 13.2. The van der Waals surface area contributed by atoms with Crippen LogP contribution >= 0.6 is 11.8 Å². The van der Waals surface area contributed by atoms with Gasteiger partial charge >= 0.3 is 35.7 Å². The first-order valence-electron chi connectivity index (χ1n) is 9.16. The van der Waals surface area contributed by atoms with Gasteiger partial charge in [0.1, 0.15) is 30.8 Å². The Kier molecular flexibility index (Phi) is 11.8. The summed E-state index contributed by atoms with van der Waals surface area (Å²) < 4.78 is 54.3. The molecule has 2 rings (SSSR count). The summed E-state index contributed by atoms with van der Waals surface area (Å²) in [5, 5.41) is 10.5. The van der Waals surface area contributed by atoms with E-state index in [1.165, 1.54) is 23.9 Å². The number of alkyl halides is 3. The average molecular weight is 466 g/mol. The maximum atomic E-state index is 12.6. The molecule has 0 aliphatic carbocycles. The second-order valence-corrected chi connectivity index (χ2v) is 7.40. The van der Waals surface area contributed by atoms with Gasteiger partial charge in [-0.3, -0.25) is 0 Å². The molecule has 0 N–H and O–H groups in total. The summed E-state index contributed by atoms with van der Waals surface area (Å²) in [5.74, 6) is 0.0756. The predicted molar refractivity (Wildman–Crippen MR) is 105 cm³/mol. The van der Waals surface area contributed by atoms with Crippen LogP contribution in [0.15, 0.2) is 47.4 Å². The Morgan fingerprint density at radius 1 is 1.13 bits per heavy atom. The molecule has 0 saturated heterocycles. The minimum atomic E-state index is -4.38. The van der Waals surface area contributed by atoms with E-state index in [-0.39, 0.29) is 42.3 Å². The Bertz CT molecular complexity index is 831. The predicted octanol–water partition coefficient (Wildman–Crippen LogP) is 0.723. The van der Waals surface area contributed by atoms with Crippen LogP contribution in [0.1, 0.15) is 18.1 Å². The largest absolute Gasteiger partial charge is 1.00 e. The van der Waals surface area contributed by atoms with Crippen LogP contribution < -0.4 is 44.1 Å². The van der Waals surface area contributed by atoms with Crippen molar-refractivity contribution in [1.29, 1.82) is 0 Å². The van der Waals surface area contributed by atoms with E-state index in [2.05, 4.69) is 0 Å². The molecule has 164 valence electrons. The van der Waals surface area contributed by atoms with E-state index in [9.17, 15) is 23.1 Å². The quantitative estimate of drug-likeness (QED) is 0.359. The third-order valence-electron chi connectivity index (χ3n) is 3.95. The first kappa shape index (κ1) is 27.6. The van der Waals surface area contributed by atoms with Crippen LogP contribution in [-0.4, -0.2) is 37.6 Å². The summed E-state index contributed by atoms with van der Waals surface area (Å²) >= 11 is 1.52.